The Morgan fingerprint density at radius 2 is 1.55 bits per heavy atom. The van der Waals surface area contributed by atoms with Crippen LogP contribution in [0.4, 0.5) is 5.69 Å². The van der Waals surface area contributed by atoms with Crippen LogP contribution < -0.4 is 5.32 Å². The van der Waals surface area contributed by atoms with Crippen molar-refractivity contribution in [2.24, 2.45) is 0 Å². The van der Waals surface area contributed by atoms with Crippen LogP contribution in [0.5, 0.6) is 0 Å². The van der Waals surface area contributed by atoms with Crippen molar-refractivity contribution in [1.82, 2.24) is 9.97 Å². The zero-order valence-corrected chi connectivity index (χ0v) is 16.7. The molecule has 2 aromatic heterocycles. The molecule has 0 aliphatic carbocycles. The third kappa shape index (κ3) is 4.69. The second-order valence-electron chi connectivity index (χ2n) is 7.06. The summed E-state index contributed by atoms with van der Waals surface area (Å²) in [6.07, 6.45) is 5.62. The number of nitrogens with one attached hydrogen (secondary N) is 1. The summed E-state index contributed by atoms with van der Waals surface area (Å²) in [5, 5.41) is 3.40. The van der Waals surface area contributed by atoms with Gasteiger partial charge in [-0.2, -0.15) is 0 Å². The van der Waals surface area contributed by atoms with Gasteiger partial charge in [0.1, 0.15) is 0 Å². The van der Waals surface area contributed by atoms with Crippen molar-refractivity contribution in [2.75, 3.05) is 5.32 Å². The number of pyridine rings is 2. The van der Waals surface area contributed by atoms with Gasteiger partial charge in [-0.25, -0.2) is 0 Å². The molecule has 3 heteroatoms. The Bertz CT molecular complexity index is 1060. The van der Waals surface area contributed by atoms with Gasteiger partial charge in [0.2, 0.25) is 0 Å². The summed E-state index contributed by atoms with van der Waals surface area (Å²) in [5.41, 5.74) is 8.21. The molecule has 0 bridgehead atoms. The Morgan fingerprint density at radius 3 is 2.34 bits per heavy atom. The molecule has 0 radical (unpaired) electrons. The largest absolute Gasteiger partial charge is 0.379 e. The molecule has 0 saturated heterocycles. The molecule has 0 spiro atoms. The minimum Gasteiger partial charge on any atom is -0.379 e. The number of aromatic nitrogens is 2. The van der Waals surface area contributed by atoms with Crippen LogP contribution in [0.1, 0.15) is 29.4 Å². The second-order valence-corrected chi connectivity index (χ2v) is 7.06. The van der Waals surface area contributed by atoms with Crippen molar-refractivity contribution >= 4 is 5.69 Å². The second kappa shape index (κ2) is 9.16. The van der Waals surface area contributed by atoms with Crippen molar-refractivity contribution < 1.29 is 0 Å². The zero-order chi connectivity index (χ0) is 19.9. The average molecular weight is 380 g/mol. The number of rotatable bonds is 7. The summed E-state index contributed by atoms with van der Waals surface area (Å²) in [5.74, 6) is 0. The summed E-state index contributed by atoms with van der Waals surface area (Å²) in [7, 11) is 0. The molecule has 144 valence electrons. The summed E-state index contributed by atoms with van der Waals surface area (Å²) in [6.45, 7) is 2.91. The van der Waals surface area contributed by atoms with Gasteiger partial charge in [-0.05, 0) is 47.4 Å². The molecular weight excluding hydrogens is 354 g/mol. The van der Waals surface area contributed by atoms with Crippen LogP contribution in [0.2, 0.25) is 0 Å². The van der Waals surface area contributed by atoms with E-state index < -0.39 is 0 Å². The smallest absolute Gasteiger partial charge is 0.0594 e. The first-order valence-electron chi connectivity index (χ1n) is 10.1. The molecule has 0 aliphatic rings. The van der Waals surface area contributed by atoms with Gasteiger partial charge >= 0.3 is 0 Å². The lowest BCUT2D eigenvalue weighted by molar-refractivity contribution is 1.00. The maximum absolute atomic E-state index is 4.68. The van der Waals surface area contributed by atoms with Gasteiger partial charge in [0.25, 0.3) is 0 Å². The van der Waals surface area contributed by atoms with Crippen molar-refractivity contribution in [3.8, 4) is 11.1 Å². The molecule has 0 fully saturated rings. The average Bonchev–Trinajstić information content (AvgIpc) is 2.80. The molecule has 0 amide bonds. The Balaban J connectivity index is 1.50. The molecule has 3 nitrogen and oxygen atoms in total. The lowest BCUT2D eigenvalue weighted by Crippen LogP contribution is -2.02. The van der Waals surface area contributed by atoms with Crippen LogP contribution in [0.25, 0.3) is 11.1 Å². The van der Waals surface area contributed by atoms with Crippen molar-refractivity contribution in [2.45, 2.75) is 26.3 Å². The number of nitrogens with zero attached hydrogens (tertiary/aromatic N) is 2. The van der Waals surface area contributed by atoms with E-state index in [0.717, 1.165) is 29.9 Å². The van der Waals surface area contributed by atoms with E-state index in [1.54, 1.807) is 0 Å². The van der Waals surface area contributed by atoms with Crippen LogP contribution in [0.15, 0.2) is 91.3 Å². The van der Waals surface area contributed by atoms with Crippen molar-refractivity contribution in [3.05, 3.63) is 114 Å². The van der Waals surface area contributed by atoms with E-state index in [1.807, 2.05) is 36.7 Å². The van der Waals surface area contributed by atoms with E-state index in [9.17, 15) is 0 Å². The third-order valence-electron chi connectivity index (χ3n) is 5.08. The van der Waals surface area contributed by atoms with Crippen LogP contribution in [-0.4, -0.2) is 9.97 Å². The van der Waals surface area contributed by atoms with Crippen LogP contribution in [0, 0.1) is 0 Å². The van der Waals surface area contributed by atoms with E-state index in [4.69, 9.17) is 0 Å². The maximum Gasteiger partial charge on any atom is 0.0594 e. The molecule has 0 saturated carbocycles. The predicted octanol–water partition coefficient (Wildman–Crippen LogP) is 5.91. The minimum absolute atomic E-state index is 0.711. The summed E-state index contributed by atoms with van der Waals surface area (Å²) < 4.78 is 0. The first-order chi connectivity index (χ1) is 14.3. The highest BCUT2D eigenvalue weighted by Gasteiger charge is 2.10. The van der Waals surface area contributed by atoms with Gasteiger partial charge in [-0.3, -0.25) is 9.97 Å². The highest BCUT2D eigenvalue weighted by Crippen LogP contribution is 2.27. The molecule has 29 heavy (non-hydrogen) atoms. The standard InChI is InChI=1S/C26H25N3/c1-2-21-9-6-7-12-24(21)25-13-8-16-27-26(25)17-20-14-15-23(28-18-20)19-29-22-10-4-3-5-11-22/h3-16,18,29H,2,17,19H2,1H3. The SMILES string of the molecule is CCc1ccccc1-c1cccnc1Cc1ccc(CNc2ccccc2)nc1. The number of benzene rings is 2. The molecular formula is C26H25N3. The first kappa shape index (κ1) is 18.9. The predicted molar refractivity (Wildman–Crippen MR) is 120 cm³/mol. The fourth-order valence-electron chi connectivity index (χ4n) is 3.52. The highest BCUT2D eigenvalue weighted by molar-refractivity contribution is 5.69. The van der Waals surface area contributed by atoms with Crippen LogP contribution >= 0.6 is 0 Å². The molecule has 4 rings (SSSR count). The number of para-hydroxylation sites is 1. The monoisotopic (exact) mass is 379 g/mol. The van der Waals surface area contributed by atoms with Crippen molar-refractivity contribution in [3.63, 3.8) is 0 Å². The molecule has 2 heterocycles. The van der Waals surface area contributed by atoms with E-state index in [-0.39, 0.29) is 0 Å². The molecule has 4 aromatic rings. The van der Waals surface area contributed by atoms with Gasteiger partial charge in [0, 0.05) is 30.1 Å². The van der Waals surface area contributed by atoms with Crippen LogP contribution in [0.3, 0.4) is 0 Å². The van der Waals surface area contributed by atoms with E-state index in [0.29, 0.717) is 6.54 Å². The highest BCUT2D eigenvalue weighted by atomic mass is 14.9. The third-order valence-corrected chi connectivity index (χ3v) is 5.08. The quantitative estimate of drug-likeness (QED) is 0.434. The Morgan fingerprint density at radius 1 is 0.759 bits per heavy atom. The van der Waals surface area contributed by atoms with Gasteiger partial charge in [0.15, 0.2) is 0 Å². The van der Waals surface area contributed by atoms with Gasteiger partial charge in [0.05, 0.1) is 17.9 Å². The van der Waals surface area contributed by atoms with Gasteiger partial charge in [-0.1, -0.05) is 61.5 Å². The molecule has 2 aromatic carbocycles. The fourth-order valence-corrected chi connectivity index (χ4v) is 3.52. The van der Waals surface area contributed by atoms with Crippen LogP contribution in [-0.2, 0) is 19.4 Å². The minimum atomic E-state index is 0.711. The zero-order valence-electron chi connectivity index (χ0n) is 16.7. The van der Waals surface area contributed by atoms with Gasteiger partial charge in [-0.15, -0.1) is 0 Å². The lowest BCUT2D eigenvalue weighted by Gasteiger charge is -2.12. The van der Waals surface area contributed by atoms with E-state index >= 15 is 0 Å². The number of aryl methyl sites for hydroxylation is 1. The number of hydrogen-bond donors (Lipinski definition) is 1. The molecule has 0 aliphatic heterocycles. The number of hydrogen-bond acceptors (Lipinski definition) is 3. The molecule has 0 unspecified atom stereocenters. The molecule has 0 atom stereocenters. The van der Waals surface area contributed by atoms with E-state index in [1.165, 1.54) is 22.3 Å². The van der Waals surface area contributed by atoms with Crippen molar-refractivity contribution in [1.29, 1.82) is 0 Å². The molecule has 1 N–H and O–H groups in total. The fraction of sp³-hybridized carbons (Fsp3) is 0.154. The topological polar surface area (TPSA) is 37.8 Å². The van der Waals surface area contributed by atoms with E-state index in [2.05, 4.69) is 76.8 Å². The lowest BCUT2D eigenvalue weighted by atomic mass is 9.95. The summed E-state index contributed by atoms with van der Waals surface area (Å²) in [4.78, 5) is 9.32. The Labute approximate surface area is 172 Å². The van der Waals surface area contributed by atoms with Gasteiger partial charge < -0.3 is 5.32 Å². The first-order valence-corrected chi connectivity index (χ1v) is 10.1. The number of anilines is 1. The Kier molecular flexibility index (Phi) is 5.96. The Hall–Kier alpha value is -3.46. The normalized spacial score (nSPS) is 10.7. The summed E-state index contributed by atoms with van der Waals surface area (Å²) >= 11 is 0. The summed E-state index contributed by atoms with van der Waals surface area (Å²) in [6, 6.07) is 27.2. The maximum atomic E-state index is 4.68.